The molecule has 2 fully saturated rings. The maximum Gasteiger partial charge on any atom is 0.316 e. The molecule has 2 aliphatic heterocycles. The van der Waals surface area contributed by atoms with Crippen LogP contribution in [0.15, 0.2) is 42.5 Å². The lowest BCUT2D eigenvalue weighted by atomic mass is 10.1. The number of primary amides is 1. The maximum absolute atomic E-state index is 11.4. The Morgan fingerprint density at radius 2 is 1.73 bits per heavy atom. The highest BCUT2D eigenvalue weighted by Crippen LogP contribution is 2.32. The molecule has 2 saturated heterocycles. The molecular formula is C22H26Cl2N5O. The summed E-state index contributed by atoms with van der Waals surface area (Å²) < 4.78 is 0. The molecule has 3 N–H and O–H groups in total. The predicted molar refractivity (Wildman–Crippen MR) is 123 cm³/mol. The Labute approximate surface area is 187 Å². The standard InChI is InChI=1S/C22H26Cl2N5O/c23-17-3-1-16(2-4-17)14-27-9-11-28(12-10-27)19-7-8-29(15-19)21-6-5-18(24)13-20(21)26-22(25)30/h1-7,13,19H,8-12,14-15H2,(H3,25,26,30). The second-order valence-electron chi connectivity index (χ2n) is 7.80. The summed E-state index contributed by atoms with van der Waals surface area (Å²) in [5.74, 6) is 0. The first-order valence-electron chi connectivity index (χ1n) is 10.1. The highest BCUT2D eigenvalue weighted by atomic mass is 35.5. The van der Waals surface area contributed by atoms with Crippen LogP contribution in [0.1, 0.15) is 5.56 Å². The summed E-state index contributed by atoms with van der Waals surface area (Å²) >= 11 is 12.1. The van der Waals surface area contributed by atoms with E-state index in [0.29, 0.717) is 16.8 Å². The van der Waals surface area contributed by atoms with Gasteiger partial charge in [-0.2, -0.15) is 0 Å². The van der Waals surface area contributed by atoms with Gasteiger partial charge in [0, 0.05) is 61.9 Å². The zero-order valence-electron chi connectivity index (χ0n) is 16.7. The number of rotatable bonds is 5. The summed E-state index contributed by atoms with van der Waals surface area (Å²) in [5.41, 5.74) is 8.21. The Balaban J connectivity index is 1.32. The molecule has 0 spiro atoms. The largest absolute Gasteiger partial charge is 0.368 e. The molecule has 0 aliphatic carbocycles. The van der Waals surface area contributed by atoms with Gasteiger partial charge in [0.25, 0.3) is 0 Å². The lowest BCUT2D eigenvalue weighted by molar-refractivity contribution is 0.108. The van der Waals surface area contributed by atoms with Crippen molar-refractivity contribution in [1.29, 1.82) is 0 Å². The highest BCUT2D eigenvalue weighted by Gasteiger charge is 2.31. The van der Waals surface area contributed by atoms with Crippen molar-refractivity contribution < 1.29 is 4.79 Å². The first-order chi connectivity index (χ1) is 14.5. The van der Waals surface area contributed by atoms with Crippen molar-refractivity contribution in [3.05, 3.63) is 64.5 Å². The summed E-state index contributed by atoms with van der Waals surface area (Å²) in [7, 11) is 0. The molecule has 4 rings (SSSR count). The lowest BCUT2D eigenvalue weighted by Crippen LogP contribution is -2.50. The molecule has 0 bridgehead atoms. The number of nitrogens with one attached hydrogen (secondary N) is 1. The van der Waals surface area contributed by atoms with Gasteiger partial charge in [-0.1, -0.05) is 35.3 Å². The van der Waals surface area contributed by atoms with Gasteiger partial charge in [-0.05, 0) is 42.3 Å². The van der Waals surface area contributed by atoms with Crippen LogP contribution in [0.25, 0.3) is 0 Å². The average molecular weight is 447 g/mol. The molecule has 30 heavy (non-hydrogen) atoms. The van der Waals surface area contributed by atoms with E-state index in [1.807, 2.05) is 24.3 Å². The van der Waals surface area contributed by atoms with E-state index < -0.39 is 6.03 Å². The number of carbonyl (C=O) groups excluding carboxylic acids is 1. The van der Waals surface area contributed by atoms with Gasteiger partial charge >= 0.3 is 6.03 Å². The molecule has 159 valence electrons. The van der Waals surface area contributed by atoms with Gasteiger partial charge in [-0.25, -0.2) is 4.79 Å². The second kappa shape index (κ2) is 9.43. The monoisotopic (exact) mass is 446 g/mol. The fraction of sp³-hybridized carbons (Fsp3) is 0.364. The van der Waals surface area contributed by atoms with E-state index in [2.05, 4.69) is 38.6 Å². The van der Waals surface area contributed by atoms with Crippen molar-refractivity contribution >= 4 is 40.6 Å². The van der Waals surface area contributed by atoms with Crippen molar-refractivity contribution in [3.8, 4) is 0 Å². The van der Waals surface area contributed by atoms with Crippen LogP contribution < -0.4 is 16.0 Å². The van der Waals surface area contributed by atoms with Crippen LogP contribution in [0.4, 0.5) is 16.2 Å². The molecule has 2 heterocycles. The fourth-order valence-corrected chi connectivity index (χ4v) is 4.50. The maximum atomic E-state index is 11.4. The van der Waals surface area contributed by atoms with E-state index in [1.165, 1.54) is 5.56 Å². The van der Waals surface area contributed by atoms with E-state index in [-0.39, 0.29) is 0 Å². The molecule has 1 unspecified atom stereocenters. The van der Waals surface area contributed by atoms with E-state index in [9.17, 15) is 4.79 Å². The van der Waals surface area contributed by atoms with Gasteiger partial charge in [0.1, 0.15) is 0 Å². The third kappa shape index (κ3) is 5.19. The smallest absolute Gasteiger partial charge is 0.316 e. The quantitative estimate of drug-likeness (QED) is 0.734. The Bertz CT molecular complexity index is 884. The van der Waals surface area contributed by atoms with E-state index >= 15 is 0 Å². The number of benzene rings is 2. The number of piperazine rings is 1. The van der Waals surface area contributed by atoms with Crippen LogP contribution in [0.3, 0.4) is 0 Å². The third-order valence-electron chi connectivity index (χ3n) is 5.76. The minimum Gasteiger partial charge on any atom is -0.368 e. The fourth-order valence-electron chi connectivity index (χ4n) is 4.20. The van der Waals surface area contributed by atoms with E-state index in [0.717, 1.165) is 56.5 Å². The van der Waals surface area contributed by atoms with Crippen LogP contribution >= 0.6 is 23.2 Å². The van der Waals surface area contributed by atoms with Gasteiger partial charge in [0.15, 0.2) is 0 Å². The van der Waals surface area contributed by atoms with Crippen LogP contribution in [0.2, 0.25) is 10.0 Å². The number of hydrogen-bond acceptors (Lipinski definition) is 4. The first-order valence-corrected chi connectivity index (χ1v) is 10.9. The highest BCUT2D eigenvalue weighted by molar-refractivity contribution is 6.31. The number of halogens is 2. The normalized spacial score (nSPS) is 20.5. The van der Waals surface area contributed by atoms with E-state index in [4.69, 9.17) is 28.9 Å². The number of hydrogen-bond donors (Lipinski definition) is 2. The Kier molecular flexibility index (Phi) is 6.68. The van der Waals surface area contributed by atoms with Crippen LogP contribution in [-0.2, 0) is 6.54 Å². The van der Waals surface area contributed by atoms with Crippen molar-refractivity contribution in [2.75, 3.05) is 49.5 Å². The lowest BCUT2D eigenvalue weighted by Gasteiger charge is -2.38. The zero-order chi connectivity index (χ0) is 21.1. The van der Waals surface area contributed by atoms with Crippen molar-refractivity contribution in [3.63, 3.8) is 0 Å². The average Bonchev–Trinajstić information content (AvgIpc) is 3.20. The van der Waals surface area contributed by atoms with Crippen molar-refractivity contribution in [2.24, 2.45) is 5.73 Å². The molecule has 0 aromatic heterocycles. The van der Waals surface area contributed by atoms with Gasteiger partial charge in [0.05, 0.1) is 11.4 Å². The SMILES string of the molecule is NC(=O)Nc1cc(Cl)ccc1N1C[CH]C(N2CCN(Cc3ccc(Cl)cc3)CC2)C1. The summed E-state index contributed by atoms with van der Waals surface area (Å²) in [5, 5.41) is 4.03. The van der Waals surface area contributed by atoms with Gasteiger partial charge in [-0.3, -0.25) is 9.80 Å². The molecular weight excluding hydrogens is 421 g/mol. The predicted octanol–water partition coefficient (Wildman–Crippen LogP) is 3.69. The summed E-state index contributed by atoms with van der Waals surface area (Å²) in [6.07, 6.45) is 2.34. The minimum atomic E-state index is -0.588. The molecule has 0 saturated carbocycles. The number of amides is 2. The van der Waals surface area contributed by atoms with Crippen molar-refractivity contribution in [2.45, 2.75) is 12.6 Å². The summed E-state index contributed by atoms with van der Waals surface area (Å²) in [4.78, 5) is 18.6. The summed E-state index contributed by atoms with van der Waals surface area (Å²) in [6, 6.07) is 13.4. The van der Waals surface area contributed by atoms with Gasteiger partial charge < -0.3 is 16.0 Å². The number of nitrogens with zero attached hydrogens (tertiary/aromatic N) is 3. The van der Waals surface area contributed by atoms with E-state index in [1.54, 1.807) is 6.07 Å². The molecule has 2 amide bonds. The molecule has 1 radical (unpaired) electrons. The Morgan fingerprint density at radius 1 is 1.03 bits per heavy atom. The molecule has 1 atom stereocenters. The molecule has 2 aromatic rings. The number of urea groups is 1. The molecule has 6 nitrogen and oxygen atoms in total. The molecule has 2 aromatic carbocycles. The van der Waals surface area contributed by atoms with Gasteiger partial charge in [-0.15, -0.1) is 0 Å². The van der Waals surface area contributed by atoms with Crippen LogP contribution in [0.5, 0.6) is 0 Å². The number of nitrogens with two attached hydrogens (primary N) is 1. The minimum absolute atomic E-state index is 0.389. The first kappa shape index (κ1) is 21.2. The summed E-state index contributed by atoms with van der Waals surface area (Å²) in [6.45, 7) is 6.82. The second-order valence-corrected chi connectivity index (χ2v) is 8.67. The molecule has 8 heteroatoms. The Hall–Kier alpha value is -1.99. The zero-order valence-corrected chi connectivity index (χ0v) is 18.2. The topological polar surface area (TPSA) is 64.8 Å². The van der Waals surface area contributed by atoms with Crippen LogP contribution in [-0.4, -0.2) is 61.1 Å². The number of anilines is 2. The number of carbonyl (C=O) groups is 1. The Morgan fingerprint density at radius 3 is 2.43 bits per heavy atom. The van der Waals surface area contributed by atoms with Crippen LogP contribution in [0, 0.1) is 6.42 Å². The molecule has 2 aliphatic rings. The third-order valence-corrected chi connectivity index (χ3v) is 6.24. The van der Waals surface area contributed by atoms with Gasteiger partial charge in [0.2, 0.25) is 0 Å². The van der Waals surface area contributed by atoms with Crippen molar-refractivity contribution in [1.82, 2.24) is 9.80 Å².